The van der Waals surface area contributed by atoms with Gasteiger partial charge in [0.15, 0.2) is 0 Å². The van der Waals surface area contributed by atoms with Crippen LogP contribution in [0.3, 0.4) is 0 Å². The molecule has 0 heterocycles. The molecular formula is C16H25NS. The third-order valence-corrected chi connectivity index (χ3v) is 7.62. The minimum Gasteiger partial charge on any atom is -0.185 e. The van der Waals surface area contributed by atoms with Crippen LogP contribution < -0.4 is 0 Å². The predicted octanol–water partition coefficient (Wildman–Crippen LogP) is 4.69. The van der Waals surface area contributed by atoms with Gasteiger partial charge in [-0.15, -0.1) is 0 Å². The zero-order valence-electron chi connectivity index (χ0n) is 12.1. The molecule has 0 aromatic carbocycles. The van der Waals surface area contributed by atoms with E-state index < -0.39 is 0 Å². The normalized spacial score (nSPS) is 53.8. The van der Waals surface area contributed by atoms with Gasteiger partial charge in [-0.25, -0.2) is 0 Å². The second-order valence-corrected chi connectivity index (χ2v) is 8.99. The van der Waals surface area contributed by atoms with Gasteiger partial charge in [0.25, 0.3) is 0 Å². The first-order valence-electron chi connectivity index (χ1n) is 7.44. The summed E-state index contributed by atoms with van der Waals surface area (Å²) in [5.41, 5.74) is 1.01. The monoisotopic (exact) mass is 263 g/mol. The molecule has 0 aromatic rings. The number of hydrogen-bond donors (Lipinski definition) is 0. The van der Waals surface area contributed by atoms with E-state index in [1.807, 2.05) is 0 Å². The second-order valence-electron chi connectivity index (χ2n) is 8.00. The minimum atomic E-state index is 0.429. The van der Waals surface area contributed by atoms with Crippen LogP contribution in [0, 0.1) is 45.2 Å². The lowest BCUT2D eigenvalue weighted by Crippen LogP contribution is -2.52. The average molecular weight is 263 g/mol. The zero-order chi connectivity index (χ0) is 13.1. The highest BCUT2D eigenvalue weighted by Gasteiger charge is 2.64. The van der Waals surface area contributed by atoms with Gasteiger partial charge >= 0.3 is 0 Å². The Morgan fingerprint density at radius 2 is 1.94 bits per heavy atom. The number of rotatable bonds is 2. The number of nitrogens with zero attached hydrogens (tertiary/aromatic N) is 1. The summed E-state index contributed by atoms with van der Waals surface area (Å²) in [6.07, 6.45) is 5.50. The van der Waals surface area contributed by atoms with Gasteiger partial charge in [0.05, 0.1) is 0 Å². The smallest absolute Gasteiger partial charge is 0.133 e. The third kappa shape index (κ3) is 1.59. The van der Waals surface area contributed by atoms with E-state index in [-0.39, 0.29) is 0 Å². The molecule has 4 rings (SSSR count). The maximum absolute atomic E-state index is 9.03. The molecule has 4 bridgehead atoms. The van der Waals surface area contributed by atoms with Gasteiger partial charge in [-0.05, 0) is 71.9 Å². The van der Waals surface area contributed by atoms with Crippen molar-refractivity contribution >= 4 is 11.8 Å². The van der Waals surface area contributed by atoms with Crippen molar-refractivity contribution in [2.75, 3.05) is 0 Å². The van der Waals surface area contributed by atoms with Gasteiger partial charge in [0.1, 0.15) is 5.40 Å². The molecule has 2 heteroatoms. The molecule has 0 aromatic heterocycles. The van der Waals surface area contributed by atoms with Crippen molar-refractivity contribution in [1.82, 2.24) is 0 Å². The standard InChI is InChI=1S/C16H25NS/c1-10(2)11-6-15(3)8-16(4)7-12(11)13(15)5-14(16)18-9-17/h10-14H,5-8H2,1-4H3/t11?,12?,13?,14-,15?,16?/m0/s1. The average Bonchev–Trinajstić information content (AvgIpc) is 2.47. The Morgan fingerprint density at radius 1 is 1.22 bits per heavy atom. The number of fused-ring (bicyclic) bond motifs is 1. The zero-order valence-corrected chi connectivity index (χ0v) is 12.9. The summed E-state index contributed by atoms with van der Waals surface area (Å²) < 4.78 is 0. The number of hydrogen-bond acceptors (Lipinski definition) is 2. The van der Waals surface area contributed by atoms with Gasteiger partial charge in [0.2, 0.25) is 0 Å². The van der Waals surface area contributed by atoms with Gasteiger partial charge in [-0.1, -0.05) is 27.7 Å². The summed E-state index contributed by atoms with van der Waals surface area (Å²) in [7, 11) is 0. The molecule has 6 atom stereocenters. The largest absolute Gasteiger partial charge is 0.185 e. The van der Waals surface area contributed by atoms with Crippen LogP contribution in [0.1, 0.15) is 53.4 Å². The van der Waals surface area contributed by atoms with E-state index in [0.29, 0.717) is 16.1 Å². The summed E-state index contributed by atoms with van der Waals surface area (Å²) in [6, 6.07) is 0. The first kappa shape index (κ1) is 12.9. The Bertz CT molecular complexity index is 398. The van der Waals surface area contributed by atoms with E-state index in [1.165, 1.54) is 25.7 Å². The van der Waals surface area contributed by atoms with E-state index in [2.05, 4.69) is 33.1 Å². The van der Waals surface area contributed by atoms with E-state index in [1.54, 1.807) is 11.8 Å². The Labute approximate surface area is 116 Å². The van der Waals surface area contributed by atoms with Crippen LogP contribution in [-0.2, 0) is 0 Å². The van der Waals surface area contributed by atoms with Crippen LogP contribution >= 0.6 is 11.8 Å². The van der Waals surface area contributed by atoms with Gasteiger partial charge in [0, 0.05) is 5.25 Å². The molecule has 100 valence electrons. The molecule has 18 heavy (non-hydrogen) atoms. The number of thiocyanates is 1. The summed E-state index contributed by atoms with van der Waals surface area (Å²) in [4.78, 5) is 0. The number of thioether (sulfide) groups is 1. The Morgan fingerprint density at radius 3 is 2.50 bits per heavy atom. The lowest BCUT2D eigenvalue weighted by molar-refractivity contribution is -0.0379. The first-order chi connectivity index (χ1) is 8.39. The van der Waals surface area contributed by atoms with Crippen LogP contribution in [0.15, 0.2) is 0 Å². The van der Waals surface area contributed by atoms with E-state index in [9.17, 15) is 0 Å². The summed E-state index contributed by atoms with van der Waals surface area (Å²) in [6.45, 7) is 9.82. The molecule has 0 spiro atoms. The van der Waals surface area contributed by atoms with Gasteiger partial charge < -0.3 is 0 Å². The molecule has 0 aliphatic heterocycles. The highest BCUT2D eigenvalue weighted by Crippen LogP contribution is 2.71. The molecule has 0 saturated heterocycles. The molecular weight excluding hydrogens is 238 g/mol. The molecule has 5 unspecified atom stereocenters. The lowest BCUT2D eigenvalue weighted by Gasteiger charge is -2.58. The van der Waals surface area contributed by atoms with Crippen molar-refractivity contribution < 1.29 is 0 Å². The maximum atomic E-state index is 9.03. The van der Waals surface area contributed by atoms with Crippen molar-refractivity contribution in [3.63, 3.8) is 0 Å². The molecule has 4 aliphatic carbocycles. The van der Waals surface area contributed by atoms with E-state index >= 15 is 0 Å². The Hall–Kier alpha value is -0.160. The first-order valence-corrected chi connectivity index (χ1v) is 8.32. The quantitative estimate of drug-likeness (QED) is 0.675. The van der Waals surface area contributed by atoms with E-state index in [4.69, 9.17) is 5.26 Å². The van der Waals surface area contributed by atoms with Crippen LogP contribution in [0.25, 0.3) is 0 Å². The number of nitriles is 1. The third-order valence-electron chi connectivity index (χ3n) is 6.47. The Balaban J connectivity index is 1.92. The molecule has 4 saturated carbocycles. The van der Waals surface area contributed by atoms with Crippen LogP contribution in [0.5, 0.6) is 0 Å². The Kier molecular flexibility index (Phi) is 2.80. The van der Waals surface area contributed by atoms with Crippen LogP contribution in [-0.4, -0.2) is 5.25 Å². The summed E-state index contributed by atoms with van der Waals surface area (Å²) in [5.74, 6) is 3.62. The fourth-order valence-electron chi connectivity index (χ4n) is 5.89. The molecule has 4 aliphatic rings. The van der Waals surface area contributed by atoms with Crippen LogP contribution in [0.2, 0.25) is 0 Å². The van der Waals surface area contributed by atoms with Crippen molar-refractivity contribution in [3.8, 4) is 5.40 Å². The highest BCUT2D eigenvalue weighted by molar-refractivity contribution is 8.04. The van der Waals surface area contributed by atoms with Gasteiger partial charge in [-0.2, -0.15) is 5.26 Å². The molecule has 0 N–H and O–H groups in total. The predicted molar refractivity (Wildman–Crippen MR) is 77.0 cm³/mol. The minimum absolute atomic E-state index is 0.429. The van der Waals surface area contributed by atoms with Crippen molar-refractivity contribution in [1.29, 1.82) is 5.26 Å². The lowest BCUT2D eigenvalue weighted by atomic mass is 9.50. The fourth-order valence-corrected chi connectivity index (χ4v) is 6.79. The summed E-state index contributed by atoms with van der Waals surface area (Å²) >= 11 is 1.56. The second kappa shape index (κ2) is 3.92. The molecule has 0 radical (unpaired) electrons. The molecule has 0 amide bonds. The maximum Gasteiger partial charge on any atom is 0.133 e. The van der Waals surface area contributed by atoms with Crippen molar-refractivity contribution in [3.05, 3.63) is 0 Å². The fraction of sp³-hybridized carbons (Fsp3) is 0.938. The molecule has 1 nitrogen and oxygen atoms in total. The van der Waals surface area contributed by atoms with E-state index in [0.717, 1.165) is 23.7 Å². The highest BCUT2D eigenvalue weighted by atomic mass is 32.2. The molecule has 4 fully saturated rings. The topological polar surface area (TPSA) is 23.8 Å². The van der Waals surface area contributed by atoms with Crippen LogP contribution in [0.4, 0.5) is 0 Å². The summed E-state index contributed by atoms with van der Waals surface area (Å²) in [5, 5.41) is 12.0. The van der Waals surface area contributed by atoms with Crippen molar-refractivity contribution in [2.45, 2.75) is 58.6 Å². The SMILES string of the molecule is CC(C)C1CC2(C)CC3(C)CC1C2C[C@@H]3SC#N. The van der Waals surface area contributed by atoms with Gasteiger partial charge in [-0.3, -0.25) is 0 Å². The van der Waals surface area contributed by atoms with Crippen molar-refractivity contribution in [2.24, 2.45) is 34.5 Å².